The Morgan fingerprint density at radius 3 is 2.82 bits per heavy atom. The van der Waals surface area contributed by atoms with Crippen molar-refractivity contribution in [2.24, 2.45) is 0 Å². The molecule has 1 saturated heterocycles. The van der Waals surface area contributed by atoms with E-state index in [2.05, 4.69) is 19.8 Å². The molecule has 10 nitrogen and oxygen atoms in total. The van der Waals surface area contributed by atoms with Crippen LogP contribution >= 0.6 is 0 Å². The van der Waals surface area contributed by atoms with E-state index in [1.54, 1.807) is 0 Å². The van der Waals surface area contributed by atoms with E-state index in [1.165, 1.54) is 6.33 Å². The molecule has 22 heavy (non-hydrogen) atoms. The van der Waals surface area contributed by atoms with Crippen LogP contribution in [0.1, 0.15) is 6.23 Å². The quantitative estimate of drug-likeness (QED) is 0.507. The number of nitrogen functional groups attached to an aromatic ring is 2. The van der Waals surface area contributed by atoms with Crippen molar-refractivity contribution < 1.29 is 19.3 Å². The smallest absolute Gasteiger partial charge is 0.385 e. The lowest BCUT2D eigenvalue weighted by molar-refractivity contribution is -0.0979. The monoisotopic (exact) mass is 309 g/mol. The Bertz CT molecular complexity index is 775. The van der Waals surface area contributed by atoms with E-state index in [0.717, 1.165) is 4.57 Å². The van der Waals surface area contributed by atoms with Crippen LogP contribution in [0.25, 0.3) is 16.0 Å². The summed E-state index contributed by atoms with van der Waals surface area (Å²) in [4.78, 5) is 14.6. The molecular weight excluding hydrogens is 297 g/mol. The van der Waals surface area contributed by atoms with Gasteiger partial charge in [-0.3, -0.25) is 14.1 Å². The number of aliphatic hydroxyl groups is 2. The summed E-state index contributed by atoms with van der Waals surface area (Å²) in [7, 11) is 0. The first kappa shape index (κ1) is 14.4. The third-order valence-electron chi connectivity index (χ3n) is 3.52. The number of ether oxygens (including phenoxy) is 1. The number of hydrogen-bond acceptors (Lipinski definition) is 8. The van der Waals surface area contributed by atoms with Crippen LogP contribution in [-0.2, 0) is 4.74 Å². The number of anilines is 2. The number of nitrogens with two attached hydrogens (primary N) is 2. The second-order valence-electron chi connectivity index (χ2n) is 4.80. The van der Waals surface area contributed by atoms with Gasteiger partial charge < -0.3 is 21.7 Å². The average molecular weight is 309 g/mol. The van der Waals surface area contributed by atoms with Crippen molar-refractivity contribution >= 4 is 22.9 Å². The van der Waals surface area contributed by atoms with Gasteiger partial charge in [0.25, 0.3) is 0 Å². The predicted octanol–water partition coefficient (Wildman–Crippen LogP) is -1.17. The molecule has 2 aromatic heterocycles. The third kappa shape index (κ3) is 1.78. The molecule has 6 N–H and O–H groups in total. The lowest BCUT2D eigenvalue weighted by Gasteiger charge is -2.16. The molecule has 0 spiro atoms. The number of hydrogen-bond donors (Lipinski definition) is 4. The topological polar surface area (TPSA) is 150 Å². The summed E-state index contributed by atoms with van der Waals surface area (Å²) in [6.07, 6.45) is -4.02. The Morgan fingerprint density at radius 1 is 1.50 bits per heavy atom. The summed E-state index contributed by atoms with van der Waals surface area (Å²) in [6, 6.07) is 0. The minimum absolute atomic E-state index is 0.00815. The number of aliphatic hydroxyl groups excluding tert-OH is 2. The highest BCUT2D eigenvalue weighted by Crippen LogP contribution is 2.41. The fourth-order valence-electron chi connectivity index (χ4n) is 2.36. The predicted molar refractivity (Wildman–Crippen MR) is 71.6 cm³/mol. The van der Waals surface area contributed by atoms with Crippen LogP contribution in [0.3, 0.4) is 0 Å². The zero-order valence-corrected chi connectivity index (χ0v) is 11.1. The Kier molecular flexibility index (Phi) is 3.10. The van der Waals surface area contributed by atoms with Crippen molar-refractivity contribution in [3.63, 3.8) is 0 Å². The summed E-state index contributed by atoms with van der Waals surface area (Å²) in [5, 5.41) is 19.1. The number of aromatic nitrogens is 4. The highest BCUT2D eigenvalue weighted by molar-refractivity contribution is 5.82. The summed E-state index contributed by atoms with van der Waals surface area (Å²) in [6.45, 7) is 6.18. The zero-order valence-electron chi connectivity index (χ0n) is 11.1. The highest BCUT2D eigenvalue weighted by atomic mass is 19.1. The minimum Gasteiger partial charge on any atom is -0.385 e. The van der Waals surface area contributed by atoms with E-state index in [-0.39, 0.29) is 22.9 Å². The molecule has 3 rings (SSSR count). The van der Waals surface area contributed by atoms with Crippen molar-refractivity contribution in [3.05, 3.63) is 17.7 Å². The first-order valence-corrected chi connectivity index (χ1v) is 6.18. The van der Waals surface area contributed by atoms with E-state index >= 15 is 0 Å². The molecule has 1 aliphatic rings. The van der Waals surface area contributed by atoms with Gasteiger partial charge in [-0.15, -0.1) is 0 Å². The van der Waals surface area contributed by atoms with E-state index < -0.39 is 30.8 Å². The molecular formula is C11H12FN7O3. The molecule has 0 bridgehead atoms. The highest BCUT2D eigenvalue weighted by Gasteiger charge is 2.62. The lowest BCUT2D eigenvalue weighted by atomic mass is 10.1. The second kappa shape index (κ2) is 4.73. The summed E-state index contributed by atoms with van der Waals surface area (Å²) >= 11 is 0. The molecule has 0 aliphatic carbocycles. The van der Waals surface area contributed by atoms with E-state index in [0.29, 0.717) is 0 Å². The largest absolute Gasteiger partial charge is 0.390 e. The number of nitrogens with zero attached hydrogens (tertiary/aromatic N) is 5. The molecule has 1 fully saturated rings. The Morgan fingerprint density at radius 2 is 2.23 bits per heavy atom. The first-order chi connectivity index (χ1) is 10.4. The Labute approximate surface area is 123 Å². The molecule has 3 heterocycles. The van der Waals surface area contributed by atoms with Gasteiger partial charge in [0.15, 0.2) is 36.6 Å². The molecule has 1 aliphatic heterocycles. The molecule has 0 aromatic carbocycles. The summed E-state index contributed by atoms with van der Waals surface area (Å²) in [5.74, 6) is -0.131. The third-order valence-corrected chi connectivity index (χ3v) is 3.52. The molecule has 116 valence electrons. The van der Waals surface area contributed by atoms with Crippen LogP contribution in [0.4, 0.5) is 16.2 Å². The van der Waals surface area contributed by atoms with Gasteiger partial charge in [-0.2, -0.15) is 9.97 Å². The molecule has 0 amide bonds. The van der Waals surface area contributed by atoms with E-state index in [1.807, 2.05) is 0 Å². The minimum atomic E-state index is -2.08. The lowest BCUT2D eigenvalue weighted by Crippen LogP contribution is -2.42. The molecule has 0 radical (unpaired) electrons. The average Bonchev–Trinajstić information content (AvgIpc) is 3.01. The van der Waals surface area contributed by atoms with Gasteiger partial charge in [0, 0.05) is 0 Å². The number of fused-ring (bicyclic) bond motifs is 1. The molecule has 2 aromatic rings. The maximum Gasteiger partial charge on any atom is 0.390 e. The van der Waals surface area contributed by atoms with Gasteiger partial charge in [-0.1, -0.05) is 0 Å². The van der Waals surface area contributed by atoms with Gasteiger partial charge in [-0.25, -0.2) is 15.9 Å². The summed E-state index contributed by atoms with van der Waals surface area (Å²) in [5.41, 5.74) is 9.37. The van der Waals surface area contributed by atoms with Gasteiger partial charge in [0.1, 0.15) is 5.52 Å². The van der Waals surface area contributed by atoms with Crippen LogP contribution in [0.15, 0.2) is 6.33 Å². The standard InChI is InChI=1S/C11H12FN7O3/c1-15-11(2-20)6(21)4(12)9(22-11)19-3-16-5-7(13)17-10(14)18-8(5)19/h3-4,6,9,20-21H,2H2,(H4,13,14,17,18). The van der Waals surface area contributed by atoms with E-state index in [9.17, 15) is 14.6 Å². The number of halogens is 1. The van der Waals surface area contributed by atoms with Crippen LogP contribution in [0.5, 0.6) is 0 Å². The SMILES string of the molecule is [C-]#[N+]C1(CO)OC(n2cnc3c(N)nc(N)nc32)C(F)C1O. The van der Waals surface area contributed by atoms with Crippen LogP contribution in [0, 0.1) is 6.57 Å². The first-order valence-electron chi connectivity index (χ1n) is 6.18. The van der Waals surface area contributed by atoms with Crippen LogP contribution in [0.2, 0.25) is 0 Å². The number of alkyl halides is 1. The summed E-state index contributed by atoms with van der Waals surface area (Å²) < 4.78 is 20.8. The maximum atomic E-state index is 14.4. The Hall–Kier alpha value is -2.55. The van der Waals surface area contributed by atoms with Crippen molar-refractivity contribution in [3.8, 4) is 0 Å². The fraction of sp³-hybridized carbons (Fsp3) is 0.455. The van der Waals surface area contributed by atoms with Gasteiger partial charge >= 0.3 is 5.72 Å². The molecule has 4 unspecified atom stereocenters. The fourth-order valence-corrected chi connectivity index (χ4v) is 2.36. The van der Waals surface area contributed by atoms with Crippen LogP contribution in [-0.4, -0.2) is 54.3 Å². The van der Waals surface area contributed by atoms with Gasteiger partial charge in [0.05, 0.1) is 6.33 Å². The number of rotatable bonds is 2. The normalized spacial score (nSPS) is 31.5. The van der Waals surface area contributed by atoms with Crippen molar-refractivity contribution in [1.82, 2.24) is 19.5 Å². The Balaban J connectivity index is 2.11. The van der Waals surface area contributed by atoms with E-state index in [4.69, 9.17) is 22.8 Å². The van der Waals surface area contributed by atoms with Gasteiger partial charge in [-0.05, 0) is 0 Å². The maximum absolute atomic E-state index is 14.4. The molecule has 4 atom stereocenters. The zero-order chi connectivity index (χ0) is 16.1. The number of imidazole rings is 1. The van der Waals surface area contributed by atoms with Crippen LogP contribution < -0.4 is 11.5 Å². The molecule has 11 heteroatoms. The van der Waals surface area contributed by atoms with Gasteiger partial charge in [0.2, 0.25) is 5.95 Å². The van der Waals surface area contributed by atoms with Crippen molar-refractivity contribution in [2.75, 3.05) is 18.1 Å². The van der Waals surface area contributed by atoms with Crippen molar-refractivity contribution in [2.45, 2.75) is 24.2 Å². The van der Waals surface area contributed by atoms with Crippen molar-refractivity contribution in [1.29, 1.82) is 0 Å². The molecule has 0 saturated carbocycles. The second-order valence-corrected chi connectivity index (χ2v) is 4.80.